The van der Waals surface area contributed by atoms with Gasteiger partial charge in [0, 0.05) is 5.56 Å². The molecule has 1 N–H and O–H groups in total. The molecular weight excluding hydrogens is 283 g/mol. The van der Waals surface area contributed by atoms with Crippen LogP contribution < -0.4 is 0 Å². The Hall–Kier alpha value is -0.410. The quantitative estimate of drug-likeness (QED) is 0.862. The van der Waals surface area contributed by atoms with E-state index in [1.165, 1.54) is 25.7 Å². The van der Waals surface area contributed by atoms with Crippen molar-refractivity contribution < 1.29 is 9.50 Å². The summed E-state index contributed by atoms with van der Waals surface area (Å²) < 4.78 is 14.2. The highest BCUT2D eigenvalue weighted by molar-refractivity contribution is 9.10. The fourth-order valence-electron chi connectivity index (χ4n) is 2.63. The van der Waals surface area contributed by atoms with E-state index in [1.807, 2.05) is 0 Å². The molecule has 0 spiro atoms. The van der Waals surface area contributed by atoms with Gasteiger partial charge in [-0.15, -0.1) is 0 Å². The molecule has 1 aliphatic carbocycles. The van der Waals surface area contributed by atoms with Crippen LogP contribution in [0.15, 0.2) is 22.7 Å². The first kappa shape index (κ1) is 13.0. The largest absolute Gasteiger partial charge is 0.388 e. The van der Waals surface area contributed by atoms with Crippen LogP contribution in [0.5, 0.6) is 0 Å². The number of aliphatic hydroxyl groups excluding tert-OH is 1. The van der Waals surface area contributed by atoms with Crippen LogP contribution in [0, 0.1) is 11.7 Å². The molecule has 1 aromatic rings. The monoisotopic (exact) mass is 300 g/mol. The summed E-state index contributed by atoms with van der Waals surface area (Å²) in [6.45, 7) is 0. The maximum atomic E-state index is 13.7. The van der Waals surface area contributed by atoms with Gasteiger partial charge in [-0.3, -0.25) is 0 Å². The summed E-state index contributed by atoms with van der Waals surface area (Å²) in [6, 6.07) is 5.09. The summed E-state index contributed by atoms with van der Waals surface area (Å²) in [4.78, 5) is 0. The van der Waals surface area contributed by atoms with Crippen molar-refractivity contribution >= 4 is 15.9 Å². The lowest BCUT2D eigenvalue weighted by atomic mass is 9.96. The third kappa shape index (κ3) is 3.29. The van der Waals surface area contributed by atoms with Crippen molar-refractivity contribution in [3.8, 4) is 0 Å². The summed E-state index contributed by atoms with van der Waals surface area (Å²) in [7, 11) is 0. The van der Waals surface area contributed by atoms with Crippen LogP contribution in [0.1, 0.15) is 50.2 Å². The van der Waals surface area contributed by atoms with Crippen molar-refractivity contribution in [3.05, 3.63) is 34.1 Å². The highest BCUT2D eigenvalue weighted by Crippen LogP contribution is 2.32. The third-order valence-corrected chi connectivity index (χ3v) is 4.28. The van der Waals surface area contributed by atoms with Gasteiger partial charge in [0.15, 0.2) is 0 Å². The van der Waals surface area contributed by atoms with E-state index in [9.17, 15) is 9.50 Å². The van der Waals surface area contributed by atoms with Gasteiger partial charge in [-0.1, -0.05) is 37.8 Å². The smallest absolute Gasteiger partial charge is 0.143 e. The SMILES string of the molecule is OC(CCC1CCCC1)c1cccc(Br)c1F. The lowest BCUT2D eigenvalue weighted by molar-refractivity contribution is 0.152. The molecule has 0 amide bonds. The molecular formula is C14H18BrFO. The first-order valence-corrected chi connectivity index (χ1v) is 7.09. The normalized spacial score (nSPS) is 18.5. The van der Waals surface area contributed by atoms with Gasteiger partial charge in [0.05, 0.1) is 10.6 Å². The van der Waals surface area contributed by atoms with Gasteiger partial charge >= 0.3 is 0 Å². The Morgan fingerprint density at radius 1 is 1.35 bits per heavy atom. The molecule has 17 heavy (non-hydrogen) atoms. The maximum Gasteiger partial charge on any atom is 0.143 e. The molecule has 0 bridgehead atoms. The lowest BCUT2D eigenvalue weighted by Gasteiger charge is -2.15. The number of rotatable bonds is 4. The van der Waals surface area contributed by atoms with Gasteiger partial charge in [0.25, 0.3) is 0 Å². The molecule has 2 rings (SSSR count). The number of hydrogen-bond acceptors (Lipinski definition) is 1. The van der Waals surface area contributed by atoms with Crippen molar-refractivity contribution in [3.63, 3.8) is 0 Å². The van der Waals surface area contributed by atoms with Gasteiger partial charge in [0.2, 0.25) is 0 Å². The zero-order valence-electron chi connectivity index (χ0n) is 9.83. The molecule has 1 saturated carbocycles. The second-order valence-electron chi connectivity index (χ2n) is 4.89. The average Bonchev–Trinajstić information content (AvgIpc) is 2.82. The van der Waals surface area contributed by atoms with Gasteiger partial charge in [-0.05, 0) is 40.8 Å². The molecule has 1 aromatic carbocycles. The number of halogens is 2. The van der Waals surface area contributed by atoms with Crippen molar-refractivity contribution in [1.82, 2.24) is 0 Å². The minimum absolute atomic E-state index is 0.327. The van der Waals surface area contributed by atoms with Crippen molar-refractivity contribution in [2.75, 3.05) is 0 Å². The van der Waals surface area contributed by atoms with Crippen LogP contribution in [0.2, 0.25) is 0 Å². The van der Waals surface area contributed by atoms with E-state index in [1.54, 1.807) is 18.2 Å². The molecule has 1 fully saturated rings. The Morgan fingerprint density at radius 2 is 2.06 bits per heavy atom. The molecule has 94 valence electrons. The Bertz CT molecular complexity index is 374. The van der Waals surface area contributed by atoms with Gasteiger partial charge in [-0.25, -0.2) is 4.39 Å². The lowest BCUT2D eigenvalue weighted by Crippen LogP contribution is -2.04. The average molecular weight is 301 g/mol. The highest BCUT2D eigenvalue weighted by atomic mass is 79.9. The Labute approximate surface area is 110 Å². The van der Waals surface area contributed by atoms with Crippen LogP contribution in [0.25, 0.3) is 0 Å². The van der Waals surface area contributed by atoms with Crippen LogP contribution in [-0.4, -0.2) is 5.11 Å². The molecule has 3 heteroatoms. The summed E-state index contributed by atoms with van der Waals surface area (Å²) in [5.41, 5.74) is 0.414. The Kier molecular flexibility index (Phi) is 4.57. The highest BCUT2D eigenvalue weighted by Gasteiger charge is 2.19. The van der Waals surface area contributed by atoms with Crippen molar-refractivity contribution in [2.45, 2.75) is 44.6 Å². The fourth-order valence-corrected chi connectivity index (χ4v) is 3.01. The molecule has 0 saturated heterocycles. The minimum atomic E-state index is -0.673. The van der Waals surface area contributed by atoms with Crippen LogP contribution in [0.4, 0.5) is 4.39 Å². The maximum absolute atomic E-state index is 13.7. The van der Waals surface area contributed by atoms with E-state index < -0.39 is 6.10 Å². The van der Waals surface area contributed by atoms with Crippen LogP contribution >= 0.6 is 15.9 Å². The second-order valence-corrected chi connectivity index (χ2v) is 5.74. The second kappa shape index (κ2) is 5.96. The summed E-state index contributed by atoms with van der Waals surface area (Å²) in [6.07, 6.45) is 6.16. The van der Waals surface area contributed by atoms with E-state index >= 15 is 0 Å². The molecule has 0 radical (unpaired) electrons. The van der Waals surface area contributed by atoms with E-state index in [0.717, 1.165) is 12.3 Å². The molecule has 0 heterocycles. The number of aliphatic hydroxyl groups is 1. The van der Waals surface area contributed by atoms with Crippen molar-refractivity contribution in [1.29, 1.82) is 0 Å². The van der Waals surface area contributed by atoms with E-state index in [2.05, 4.69) is 15.9 Å². The van der Waals surface area contributed by atoms with E-state index in [-0.39, 0.29) is 5.82 Å². The molecule has 1 atom stereocenters. The van der Waals surface area contributed by atoms with Gasteiger partial charge in [-0.2, -0.15) is 0 Å². The first-order chi connectivity index (χ1) is 8.18. The van der Waals surface area contributed by atoms with Gasteiger partial charge < -0.3 is 5.11 Å². The fraction of sp³-hybridized carbons (Fsp3) is 0.571. The zero-order chi connectivity index (χ0) is 12.3. The third-order valence-electron chi connectivity index (χ3n) is 3.66. The Morgan fingerprint density at radius 3 is 2.76 bits per heavy atom. The predicted molar refractivity (Wildman–Crippen MR) is 70.3 cm³/mol. The molecule has 0 aliphatic heterocycles. The summed E-state index contributed by atoms with van der Waals surface area (Å²) in [5.74, 6) is 0.409. The van der Waals surface area contributed by atoms with Crippen LogP contribution in [0.3, 0.4) is 0 Å². The molecule has 1 nitrogen and oxygen atoms in total. The zero-order valence-corrected chi connectivity index (χ0v) is 11.4. The first-order valence-electron chi connectivity index (χ1n) is 6.30. The summed E-state index contributed by atoms with van der Waals surface area (Å²) in [5, 5.41) is 10.0. The molecule has 1 aliphatic rings. The van der Waals surface area contributed by atoms with Crippen LogP contribution in [-0.2, 0) is 0 Å². The molecule has 0 aromatic heterocycles. The van der Waals surface area contributed by atoms with Gasteiger partial charge in [0.1, 0.15) is 5.82 Å². The number of hydrogen-bond donors (Lipinski definition) is 1. The van der Waals surface area contributed by atoms with Crippen molar-refractivity contribution in [2.24, 2.45) is 5.92 Å². The van der Waals surface area contributed by atoms with E-state index in [4.69, 9.17) is 0 Å². The number of benzene rings is 1. The van der Waals surface area contributed by atoms with E-state index in [0.29, 0.717) is 16.5 Å². The molecule has 1 unspecified atom stereocenters. The summed E-state index contributed by atoms with van der Waals surface area (Å²) >= 11 is 3.15. The predicted octanol–water partition coefficient (Wildman–Crippen LogP) is 4.59. The standard InChI is InChI=1S/C14H18BrFO/c15-12-7-3-6-11(14(12)16)13(17)9-8-10-4-1-2-5-10/h3,6-7,10,13,17H,1-2,4-5,8-9H2. The minimum Gasteiger partial charge on any atom is -0.388 e. The topological polar surface area (TPSA) is 20.2 Å². The Balaban J connectivity index is 1.94.